The van der Waals surface area contributed by atoms with Crippen molar-refractivity contribution in [2.75, 3.05) is 13.1 Å². The topological polar surface area (TPSA) is 270 Å². The van der Waals surface area contributed by atoms with Crippen LogP contribution in [0.2, 0.25) is 0 Å². The third-order valence-corrected chi connectivity index (χ3v) is 8.40. The first-order valence-electron chi connectivity index (χ1n) is 18.3. The Kier molecular flexibility index (Phi) is 16.7. The van der Waals surface area contributed by atoms with Gasteiger partial charge in [0.1, 0.15) is 23.4 Å². The van der Waals surface area contributed by atoms with Crippen LogP contribution in [0.15, 0.2) is 47.0 Å². The molecule has 0 saturated heterocycles. The zero-order valence-electron chi connectivity index (χ0n) is 32.2. The summed E-state index contributed by atoms with van der Waals surface area (Å²) in [5.41, 5.74) is 13.2. The van der Waals surface area contributed by atoms with E-state index in [9.17, 15) is 24.3 Å². The molecule has 1 aromatic heterocycles. The van der Waals surface area contributed by atoms with E-state index in [0.29, 0.717) is 61.2 Å². The van der Waals surface area contributed by atoms with E-state index in [4.69, 9.17) is 30.9 Å². The fourth-order valence-electron chi connectivity index (χ4n) is 5.78. The fourth-order valence-corrected chi connectivity index (χ4v) is 5.78. The number of alkyl carbamates (subject to hydrolysis) is 1. The molecule has 0 saturated carbocycles. The van der Waals surface area contributed by atoms with Crippen LogP contribution in [0.3, 0.4) is 0 Å². The SMILES string of the molecule is Cc1cc(O)cc(C)c1C[C@H](NC(=O)[C@@H](CCCNC(=N)N)OC(N)=O)C(=O)N[C@@H](CCCCNC(=O)OC(C)(C)C)c1nc(CCc2ccccc2)no1. The summed E-state index contributed by atoms with van der Waals surface area (Å²) in [6.07, 6.45) is -0.159. The molecule has 55 heavy (non-hydrogen) atoms. The highest BCUT2D eigenvalue weighted by Crippen LogP contribution is 2.24. The van der Waals surface area contributed by atoms with Crippen molar-refractivity contribution in [1.82, 2.24) is 31.4 Å². The second kappa shape index (κ2) is 21.1. The zero-order chi connectivity index (χ0) is 40.5. The van der Waals surface area contributed by atoms with E-state index >= 15 is 0 Å². The fraction of sp³-hybridized carbons (Fsp3) is 0.500. The number of benzene rings is 2. The monoisotopic (exact) mass is 765 g/mol. The third kappa shape index (κ3) is 16.0. The quantitative estimate of drug-likeness (QED) is 0.0467. The van der Waals surface area contributed by atoms with Gasteiger partial charge in [-0.05, 0) is 108 Å². The average Bonchev–Trinajstić information content (AvgIpc) is 3.57. The number of nitrogens with zero attached hydrogens (tertiary/aromatic N) is 2. The van der Waals surface area contributed by atoms with Crippen molar-refractivity contribution in [3.63, 3.8) is 0 Å². The molecule has 17 nitrogen and oxygen atoms in total. The number of hydrogen-bond donors (Lipinski definition) is 8. The lowest BCUT2D eigenvalue weighted by Crippen LogP contribution is -2.52. The van der Waals surface area contributed by atoms with Gasteiger partial charge >= 0.3 is 12.2 Å². The molecule has 0 aliphatic heterocycles. The van der Waals surface area contributed by atoms with Gasteiger partial charge in [-0.3, -0.25) is 15.0 Å². The minimum Gasteiger partial charge on any atom is -0.508 e. The maximum absolute atomic E-state index is 14.2. The summed E-state index contributed by atoms with van der Waals surface area (Å²) in [6.45, 7) is 9.44. The molecule has 2 aromatic carbocycles. The van der Waals surface area contributed by atoms with Crippen molar-refractivity contribution in [2.45, 2.75) is 110 Å². The van der Waals surface area contributed by atoms with Gasteiger partial charge in [-0.25, -0.2) is 9.59 Å². The Bertz CT molecular complexity index is 1720. The third-order valence-electron chi connectivity index (χ3n) is 8.40. The van der Waals surface area contributed by atoms with E-state index in [1.165, 1.54) is 0 Å². The number of ether oxygens (including phenoxy) is 2. The summed E-state index contributed by atoms with van der Waals surface area (Å²) in [4.78, 5) is 56.4. The molecule has 4 amide bonds. The van der Waals surface area contributed by atoms with E-state index in [0.717, 1.165) is 5.56 Å². The maximum Gasteiger partial charge on any atom is 0.407 e. The molecule has 0 aliphatic carbocycles. The number of unbranched alkanes of at least 4 members (excludes halogenated alkanes) is 1. The van der Waals surface area contributed by atoms with Crippen LogP contribution in [0.25, 0.3) is 0 Å². The minimum absolute atomic E-state index is 0.0173. The van der Waals surface area contributed by atoms with E-state index in [2.05, 4.69) is 31.4 Å². The van der Waals surface area contributed by atoms with Crippen molar-refractivity contribution < 1.29 is 38.3 Å². The molecular weight excluding hydrogens is 710 g/mol. The molecule has 10 N–H and O–H groups in total. The highest BCUT2D eigenvalue weighted by molar-refractivity contribution is 5.90. The predicted molar refractivity (Wildman–Crippen MR) is 204 cm³/mol. The lowest BCUT2D eigenvalue weighted by molar-refractivity contribution is -0.134. The Labute approximate surface area is 321 Å². The van der Waals surface area contributed by atoms with E-state index in [1.807, 2.05) is 30.3 Å². The Balaban J connectivity index is 1.85. The van der Waals surface area contributed by atoms with E-state index in [1.54, 1.807) is 46.8 Å². The van der Waals surface area contributed by atoms with Crippen LogP contribution in [0, 0.1) is 19.3 Å². The van der Waals surface area contributed by atoms with Crippen LogP contribution in [0.1, 0.15) is 92.9 Å². The maximum atomic E-state index is 14.2. The number of phenolic OH excluding ortho intramolecular Hbond substituents is 1. The summed E-state index contributed by atoms with van der Waals surface area (Å²) >= 11 is 0. The largest absolute Gasteiger partial charge is 0.508 e. The Hall–Kier alpha value is -5.87. The van der Waals surface area contributed by atoms with Gasteiger partial charge in [0.05, 0.1) is 0 Å². The molecule has 3 aromatic rings. The van der Waals surface area contributed by atoms with Crippen LogP contribution in [0.5, 0.6) is 5.75 Å². The average molecular weight is 766 g/mol. The van der Waals surface area contributed by atoms with E-state index in [-0.39, 0.29) is 43.4 Å². The number of nitrogens with one attached hydrogen (secondary N) is 5. The molecule has 0 unspecified atom stereocenters. The highest BCUT2D eigenvalue weighted by Gasteiger charge is 2.31. The van der Waals surface area contributed by atoms with Crippen molar-refractivity contribution >= 4 is 30.0 Å². The predicted octanol–water partition coefficient (Wildman–Crippen LogP) is 3.48. The molecule has 0 bridgehead atoms. The second-order valence-corrected chi connectivity index (χ2v) is 14.3. The van der Waals surface area contributed by atoms with Crippen molar-refractivity contribution in [3.05, 3.63) is 76.4 Å². The lowest BCUT2D eigenvalue weighted by atomic mass is 9.95. The minimum atomic E-state index is -1.35. The van der Waals surface area contributed by atoms with Gasteiger partial charge in [-0.2, -0.15) is 4.98 Å². The highest BCUT2D eigenvalue weighted by atomic mass is 16.6. The van der Waals surface area contributed by atoms with Gasteiger partial charge < -0.3 is 51.8 Å². The number of aromatic nitrogens is 2. The number of carbonyl (C=O) groups is 4. The molecule has 3 atom stereocenters. The number of carbonyl (C=O) groups excluding carboxylic acids is 4. The van der Waals surface area contributed by atoms with Gasteiger partial charge in [0.2, 0.25) is 11.8 Å². The number of amides is 4. The number of aromatic hydroxyl groups is 1. The molecule has 0 radical (unpaired) electrons. The summed E-state index contributed by atoms with van der Waals surface area (Å²) in [6, 6.07) is 11.0. The number of nitrogens with two attached hydrogens (primary N) is 2. The van der Waals surface area contributed by atoms with Crippen LogP contribution in [-0.4, -0.2) is 76.0 Å². The molecule has 1 heterocycles. The Morgan fingerprint density at radius 2 is 1.58 bits per heavy atom. The first-order valence-corrected chi connectivity index (χ1v) is 18.3. The Morgan fingerprint density at radius 1 is 0.909 bits per heavy atom. The van der Waals surface area contributed by atoms with Gasteiger partial charge in [0.15, 0.2) is 17.9 Å². The van der Waals surface area contributed by atoms with Crippen LogP contribution < -0.4 is 32.7 Å². The summed E-state index contributed by atoms with van der Waals surface area (Å²) < 4.78 is 16.1. The number of primary amides is 1. The second-order valence-electron chi connectivity index (χ2n) is 14.3. The molecule has 17 heteroatoms. The smallest absolute Gasteiger partial charge is 0.407 e. The zero-order valence-corrected chi connectivity index (χ0v) is 32.2. The van der Waals surface area contributed by atoms with Gasteiger partial charge in [0, 0.05) is 25.9 Å². The molecule has 3 rings (SSSR count). The number of phenols is 1. The number of aryl methyl sites for hydroxylation is 4. The summed E-state index contributed by atoms with van der Waals surface area (Å²) in [5.74, 6) is -0.925. The van der Waals surface area contributed by atoms with Gasteiger partial charge in [-0.1, -0.05) is 35.5 Å². The van der Waals surface area contributed by atoms with Crippen molar-refractivity contribution in [3.8, 4) is 5.75 Å². The van der Waals surface area contributed by atoms with Crippen LogP contribution >= 0.6 is 0 Å². The van der Waals surface area contributed by atoms with Gasteiger partial charge in [0.25, 0.3) is 5.91 Å². The molecular formula is C38H55N9O8. The Morgan fingerprint density at radius 3 is 2.22 bits per heavy atom. The molecule has 300 valence electrons. The summed E-state index contributed by atoms with van der Waals surface area (Å²) in [7, 11) is 0. The van der Waals surface area contributed by atoms with Gasteiger partial charge in [-0.15, -0.1) is 0 Å². The number of guanidine groups is 1. The van der Waals surface area contributed by atoms with Crippen molar-refractivity contribution in [2.24, 2.45) is 11.5 Å². The van der Waals surface area contributed by atoms with Crippen LogP contribution in [-0.2, 0) is 38.3 Å². The molecule has 0 fully saturated rings. The first kappa shape index (κ1) is 43.5. The summed E-state index contributed by atoms with van der Waals surface area (Å²) in [5, 5.41) is 32.7. The van der Waals surface area contributed by atoms with Crippen LogP contribution in [0.4, 0.5) is 9.59 Å². The van der Waals surface area contributed by atoms with Crippen molar-refractivity contribution in [1.29, 1.82) is 5.41 Å². The number of hydrogen-bond acceptors (Lipinski definition) is 11. The standard InChI is InChI=1S/C38H55N9O8/c1-23-20-26(48)21-24(2)27(23)22-29(45-33(50)30(53-36(41)51)15-11-19-42-35(39)40)32(49)44-28(14-9-10-18-43-37(52)54-38(3,4)5)34-46-31(47-55-34)17-16-25-12-7-6-8-13-25/h6-8,12-13,20-21,28-30,48H,9-11,14-19,22H2,1-5H3,(H2,41,51)(H,43,52)(H,44,49)(H,45,50)(H4,39,40,42)/t28-,29-,30+/m0/s1. The lowest BCUT2D eigenvalue weighted by Gasteiger charge is -2.25. The normalized spacial score (nSPS) is 12.8. The van der Waals surface area contributed by atoms with E-state index < -0.39 is 47.8 Å². The molecule has 0 spiro atoms. The first-order chi connectivity index (χ1) is 26.0. The molecule has 0 aliphatic rings. The number of rotatable bonds is 20.